The molecule has 0 unspecified atom stereocenters. The van der Waals surface area contributed by atoms with E-state index in [9.17, 15) is 17.6 Å². The van der Waals surface area contributed by atoms with Gasteiger partial charge in [0.05, 0.1) is 23.3 Å². The highest BCUT2D eigenvalue weighted by molar-refractivity contribution is 8.01. The number of carbonyl (C=O) groups excluding carboxylic acids is 1. The highest BCUT2D eigenvalue weighted by Gasteiger charge is 2.35. The van der Waals surface area contributed by atoms with Crippen LogP contribution in [0.5, 0.6) is 0 Å². The third-order valence-corrected chi connectivity index (χ3v) is 8.39. The Balaban J connectivity index is 1.43. The number of aromatic nitrogens is 2. The Hall–Kier alpha value is -2.50. The summed E-state index contributed by atoms with van der Waals surface area (Å²) in [4.78, 5) is 14.6. The number of hydrogen-bond donors (Lipinski definition) is 1. The second-order valence-corrected chi connectivity index (χ2v) is 11.4. The van der Waals surface area contributed by atoms with E-state index in [0.717, 1.165) is 0 Å². The molecule has 162 valence electrons. The molecule has 0 bridgehead atoms. The summed E-state index contributed by atoms with van der Waals surface area (Å²) >= 11 is 2.49. The minimum atomic E-state index is -3.13. The van der Waals surface area contributed by atoms with Crippen LogP contribution in [0.15, 0.2) is 58.9 Å². The topological polar surface area (TPSA) is 92.3 Å². The van der Waals surface area contributed by atoms with Crippen molar-refractivity contribution < 1.29 is 17.6 Å². The molecule has 1 aliphatic rings. The van der Waals surface area contributed by atoms with E-state index in [0.29, 0.717) is 27.3 Å². The first kappa shape index (κ1) is 21.7. The van der Waals surface area contributed by atoms with Gasteiger partial charge in [0, 0.05) is 11.4 Å². The first-order valence-electron chi connectivity index (χ1n) is 9.46. The fourth-order valence-electron chi connectivity index (χ4n) is 3.33. The largest absolute Gasteiger partial charge is 0.330 e. The highest BCUT2D eigenvalue weighted by atomic mass is 32.2. The van der Waals surface area contributed by atoms with Crippen LogP contribution in [0.25, 0.3) is 0 Å². The number of amides is 1. The summed E-state index contributed by atoms with van der Waals surface area (Å²) in [5.74, 6) is -0.385. The molecule has 4 rings (SSSR count). The number of hydrogen-bond acceptors (Lipinski definition) is 8. The molecule has 0 saturated carbocycles. The fraction of sp³-hybridized carbons (Fsp3) is 0.250. The number of nitrogens with zero attached hydrogens (tertiary/aromatic N) is 3. The minimum Gasteiger partial charge on any atom is -0.330 e. The molecule has 1 atom stereocenters. The van der Waals surface area contributed by atoms with Crippen LogP contribution in [0.3, 0.4) is 0 Å². The van der Waals surface area contributed by atoms with Gasteiger partial charge in [0.25, 0.3) is 0 Å². The molecule has 3 aromatic rings. The summed E-state index contributed by atoms with van der Waals surface area (Å²) in [5.41, 5.74) is 1.24. The van der Waals surface area contributed by atoms with Crippen molar-refractivity contribution in [3.8, 4) is 0 Å². The van der Waals surface area contributed by atoms with E-state index in [2.05, 4.69) is 15.5 Å². The summed E-state index contributed by atoms with van der Waals surface area (Å²) in [7, 11) is -3.13. The molecule has 1 amide bonds. The van der Waals surface area contributed by atoms with Crippen LogP contribution in [0, 0.1) is 5.82 Å². The van der Waals surface area contributed by atoms with Gasteiger partial charge in [0.1, 0.15) is 5.82 Å². The number of halogens is 1. The van der Waals surface area contributed by atoms with Crippen LogP contribution in [0.2, 0.25) is 0 Å². The lowest BCUT2D eigenvalue weighted by molar-refractivity contribution is -0.116. The van der Waals surface area contributed by atoms with Crippen molar-refractivity contribution in [3.05, 3.63) is 60.4 Å². The maximum absolute atomic E-state index is 13.3. The number of nitrogens with one attached hydrogen (secondary N) is 1. The van der Waals surface area contributed by atoms with Gasteiger partial charge in [0.2, 0.25) is 11.0 Å². The zero-order valence-corrected chi connectivity index (χ0v) is 18.7. The first-order chi connectivity index (χ1) is 14.9. The Morgan fingerprint density at radius 3 is 2.71 bits per heavy atom. The predicted molar refractivity (Wildman–Crippen MR) is 121 cm³/mol. The first-order valence-corrected chi connectivity index (χ1v) is 13.1. The summed E-state index contributed by atoms with van der Waals surface area (Å²) in [6, 6.07) is 14.7. The molecule has 31 heavy (non-hydrogen) atoms. The van der Waals surface area contributed by atoms with Crippen LogP contribution in [-0.2, 0) is 14.6 Å². The molecule has 11 heteroatoms. The molecule has 1 aromatic heterocycles. The van der Waals surface area contributed by atoms with Crippen molar-refractivity contribution in [2.24, 2.45) is 0 Å². The van der Waals surface area contributed by atoms with E-state index >= 15 is 0 Å². The molecule has 1 aliphatic heterocycles. The Morgan fingerprint density at radius 1 is 1.19 bits per heavy atom. The summed E-state index contributed by atoms with van der Waals surface area (Å²) in [6.45, 7) is 0. The van der Waals surface area contributed by atoms with Crippen LogP contribution >= 0.6 is 23.1 Å². The second-order valence-electron chi connectivity index (χ2n) is 6.95. The molecule has 2 aromatic carbocycles. The van der Waals surface area contributed by atoms with E-state index < -0.39 is 9.84 Å². The van der Waals surface area contributed by atoms with Gasteiger partial charge in [-0.1, -0.05) is 47.4 Å². The van der Waals surface area contributed by atoms with Crippen molar-refractivity contribution in [2.75, 3.05) is 27.5 Å². The molecule has 0 aliphatic carbocycles. The van der Waals surface area contributed by atoms with Gasteiger partial charge in [-0.05, 0) is 36.8 Å². The Labute approximate surface area is 187 Å². The van der Waals surface area contributed by atoms with Gasteiger partial charge in [-0.25, -0.2) is 12.8 Å². The van der Waals surface area contributed by atoms with Crippen LogP contribution < -0.4 is 10.2 Å². The average Bonchev–Trinajstić information content (AvgIpc) is 3.33. The summed E-state index contributed by atoms with van der Waals surface area (Å²) < 4.78 is 37.8. The number of para-hydroxylation sites is 1. The highest BCUT2D eigenvalue weighted by Crippen LogP contribution is 2.30. The molecule has 1 fully saturated rings. The monoisotopic (exact) mass is 478 g/mol. The van der Waals surface area contributed by atoms with Crippen LogP contribution in [-0.4, -0.2) is 47.8 Å². The van der Waals surface area contributed by atoms with Crippen molar-refractivity contribution in [3.63, 3.8) is 0 Å². The van der Waals surface area contributed by atoms with Gasteiger partial charge in [-0.15, -0.1) is 10.2 Å². The lowest BCUT2D eigenvalue weighted by atomic mass is 10.2. The third-order valence-electron chi connectivity index (χ3n) is 4.68. The number of thioether (sulfide) groups is 1. The van der Waals surface area contributed by atoms with Gasteiger partial charge >= 0.3 is 0 Å². The standard InChI is InChI=1S/C20H19FN4O3S3/c21-14-5-4-6-15(11-14)22-19-23-24-20(30-19)29-12-18(26)25(16-7-2-1-3-8-16)17-9-10-31(27,28)13-17/h1-8,11,17H,9-10,12-13H2,(H,22,23)/t17-/m0/s1. The maximum atomic E-state index is 13.3. The van der Waals surface area contributed by atoms with Gasteiger partial charge in [-0.3, -0.25) is 4.79 Å². The van der Waals surface area contributed by atoms with Crippen molar-refractivity contribution in [1.82, 2.24) is 10.2 Å². The third kappa shape index (κ3) is 5.60. The fourth-order valence-corrected chi connectivity index (χ4v) is 6.66. The number of benzene rings is 2. The number of carbonyl (C=O) groups is 1. The predicted octanol–water partition coefficient (Wildman–Crippen LogP) is 3.73. The summed E-state index contributed by atoms with van der Waals surface area (Å²) in [6.07, 6.45) is 0.425. The molecule has 1 saturated heterocycles. The molecular weight excluding hydrogens is 459 g/mol. The number of anilines is 3. The van der Waals surface area contributed by atoms with Gasteiger partial charge in [-0.2, -0.15) is 0 Å². The quantitative estimate of drug-likeness (QED) is 0.517. The zero-order chi connectivity index (χ0) is 21.8. The lowest BCUT2D eigenvalue weighted by Gasteiger charge is -2.28. The number of sulfone groups is 1. The Bertz CT molecular complexity index is 1170. The van der Waals surface area contributed by atoms with E-state index in [1.165, 1.54) is 35.2 Å². The molecule has 0 spiro atoms. The van der Waals surface area contributed by atoms with E-state index in [-0.39, 0.29) is 35.0 Å². The molecule has 0 radical (unpaired) electrons. The average molecular weight is 479 g/mol. The molecule has 7 nitrogen and oxygen atoms in total. The summed E-state index contributed by atoms with van der Waals surface area (Å²) in [5, 5.41) is 11.6. The lowest BCUT2D eigenvalue weighted by Crippen LogP contribution is -2.42. The normalized spacial score (nSPS) is 17.4. The Kier molecular flexibility index (Phi) is 6.54. The van der Waals surface area contributed by atoms with Crippen molar-refractivity contribution in [2.45, 2.75) is 16.8 Å². The maximum Gasteiger partial charge on any atom is 0.237 e. The van der Waals surface area contributed by atoms with Crippen LogP contribution in [0.1, 0.15) is 6.42 Å². The van der Waals surface area contributed by atoms with Crippen molar-refractivity contribution in [1.29, 1.82) is 0 Å². The SMILES string of the molecule is O=C(CSc1nnc(Nc2cccc(F)c2)s1)N(c1ccccc1)[C@H]1CCS(=O)(=O)C1. The smallest absolute Gasteiger partial charge is 0.237 e. The van der Waals surface area contributed by atoms with Gasteiger partial charge < -0.3 is 10.2 Å². The second kappa shape index (κ2) is 9.33. The molecule has 2 heterocycles. The van der Waals surface area contributed by atoms with E-state index in [1.54, 1.807) is 29.2 Å². The van der Waals surface area contributed by atoms with Gasteiger partial charge in [0.15, 0.2) is 14.2 Å². The Morgan fingerprint density at radius 2 is 2.00 bits per heavy atom. The van der Waals surface area contributed by atoms with Crippen LogP contribution in [0.4, 0.5) is 20.9 Å². The van der Waals surface area contributed by atoms with E-state index in [1.807, 2.05) is 18.2 Å². The molecule has 1 N–H and O–H groups in total. The van der Waals surface area contributed by atoms with Crippen molar-refractivity contribution >= 4 is 55.3 Å². The van der Waals surface area contributed by atoms with E-state index in [4.69, 9.17) is 0 Å². The number of rotatable bonds is 7. The molecular formula is C20H19FN4O3S3. The zero-order valence-electron chi connectivity index (χ0n) is 16.3. The minimum absolute atomic E-state index is 0.0290.